The molecule has 0 bridgehead atoms. The minimum Gasteiger partial charge on any atom is -0.480 e. The van der Waals surface area contributed by atoms with E-state index >= 15 is 0 Å². The first kappa shape index (κ1) is 22.8. The SMILES string of the molecule is CCN(CC(=O)O)C(=O)CC(CNC(=O)OCC1c2ccccc2-c2ccccc21)C1CC1. The number of rotatable bonds is 10. The summed E-state index contributed by atoms with van der Waals surface area (Å²) in [5.74, 6) is -0.846. The molecule has 7 heteroatoms. The highest BCUT2D eigenvalue weighted by atomic mass is 16.5. The molecule has 2 aromatic rings. The number of likely N-dealkylation sites (N-methyl/N-ethyl adjacent to an activating group) is 1. The number of amides is 2. The van der Waals surface area contributed by atoms with Crippen molar-refractivity contribution in [2.24, 2.45) is 11.8 Å². The average molecular weight is 451 g/mol. The predicted molar refractivity (Wildman–Crippen MR) is 124 cm³/mol. The Kier molecular flexibility index (Phi) is 6.96. The number of carboxylic acid groups (broad SMARTS) is 1. The minimum atomic E-state index is -1.02. The maximum absolute atomic E-state index is 12.5. The van der Waals surface area contributed by atoms with Crippen molar-refractivity contribution in [3.63, 3.8) is 0 Å². The fourth-order valence-corrected chi connectivity index (χ4v) is 4.73. The smallest absolute Gasteiger partial charge is 0.407 e. The number of ether oxygens (including phenoxy) is 1. The molecular formula is C26H30N2O5. The molecule has 0 saturated heterocycles. The van der Waals surface area contributed by atoms with Gasteiger partial charge in [-0.25, -0.2) is 4.79 Å². The number of fused-ring (bicyclic) bond motifs is 3. The molecule has 1 unspecified atom stereocenters. The second-order valence-electron chi connectivity index (χ2n) is 8.81. The van der Waals surface area contributed by atoms with Crippen LogP contribution in [0, 0.1) is 11.8 Å². The molecule has 2 aromatic carbocycles. The topological polar surface area (TPSA) is 95.9 Å². The lowest BCUT2D eigenvalue weighted by Crippen LogP contribution is -2.39. The number of carbonyl (C=O) groups is 3. The van der Waals surface area contributed by atoms with Crippen LogP contribution < -0.4 is 5.32 Å². The van der Waals surface area contributed by atoms with Gasteiger partial charge in [-0.2, -0.15) is 0 Å². The predicted octanol–water partition coefficient (Wildman–Crippen LogP) is 3.87. The van der Waals surface area contributed by atoms with Gasteiger partial charge >= 0.3 is 12.1 Å². The number of alkyl carbamates (subject to hydrolysis) is 1. The Balaban J connectivity index is 1.32. The second-order valence-corrected chi connectivity index (χ2v) is 8.81. The third-order valence-corrected chi connectivity index (χ3v) is 6.64. The van der Waals surface area contributed by atoms with Crippen LogP contribution in [-0.2, 0) is 14.3 Å². The molecule has 1 fully saturated rings. The maximum Gasteiger partial charge on any atom is 0.407 e. The van der Waals surface area contributed by atoms with E-state index in [0.29, 0.717) is 19.0 Å². The van der Waals surface area contributed by atoms with Gasteiger partial charge in [0, 0.05) is 25.4 Å². The van der Waals surface area contributed by atoms with Crippen LogP contribution in [0.4, 0.5) is 4.79 Å². The van der Waals surface area contributed by atoms with E-state index in [1.54, 1.807) is 6.92 Å². The summed E-state index contributed by atoms with van der Waals surface area (Å²) < 4.78 is 5.59. The molecule has 0 spiro atoms. The van der Waals surface area contributed by atoms with Crippen molar-refractivity contribution in [1.29, 1.82) is 0 Å². The molecule has 33 heavy (non-hydrogen) atoms. The van der Waals surface area contributed by atoms with Gasteiger partial charge in [-0.3, -0.25) is 9.59 Å². The van der Waals surface area contributed by atoms with Gasteiger partial charge in [0.25, 0.3) is 0 Å². The molecule has 1 saturated carbocycles. The zero-order valence-electron chi connectivity index (χ0n) is 18.8. The summed E-state index contributed by atoms with van der Waals surface area (Å²) >= 11 is 0. The number of aliphatic carboxylic acids is 1. The summed E-state index contributed by atoms with van der Waals surface area (Å²) in [6.07, 6.45) is 1.79. The molecule has 0 heterocycles. The van der Waals surface area contributed by atoms with E-state index in [-0.39, 0.29) is 37.3 Å². The summed E-state index contributed by atoms with van der Waals surface area (Å²) in [6, 6.07) is 16.4. The third-order valence-electron chi connectivity index (χ3n) is 6.64. The van der Waals surface area contributed by atoms with Crippen LogP contribution in [0.3, 0.4) is 0 Å². The highest BCUT2D eigenvalue weighted by molar-refractivity contribution is 5.81. The summed E-state index contributed by atoms with van der Waals surface area (Å²) in [5, 5.41) is 11.8. The van der Waals surface area contributed by atoms with E-state index in [9.17, 15) is 14.4 Å². The van der Waals surface area contributed by atoms with Crippen molar-refractivity contribution in [2.45, 2.75) is 32.1 Å². The van der Waals surface area contributed by atoms with Gasteiger partial charge in [-0.05, 0) is 53.9 Å². The molecule has 4 rings (SSSR count). The molecule has 0 radical (unpaired) electrons. The first-order valence-corrected chi connectivity index (χ1v) is 11.6. The number of nitrogens with zero attached hydrogens (tertiary/aromatic N) is 1. The van der Waals surface area contributed by atoms with Crippen LogP contribution in [0.2, 0.25) is 0 Å². The van der Waals surface area contributed by atoms with Gasteiger partial charge in [-0.1, -0.05) is 48.5 Å². The van der Waals surface area contributed by atoms with Gasteiger partial charge in [0.2, 0.25) is 5.91 Å². The minimum absolute atomic E-state index is 0.00177. The molecule has 2 aliphatic rings. The summed E-state index contributed by atoms with van der Waals surface area (Å²) in [5.41, 5.74) is 4.67. The molecule has 2 amide bonds. The van der Waals surface area contributed by atoms with Crippen LogP contribution in [0.1, 0.15) is 43.2 Å². The van der Waals surface area contributed by atoms with Crippen molar-refractivity contribution in [2.75, 3.05) is 26.2 Å². The molecule has 174 valence electrons. The zero-order chi connectivity index (χ0) is 23.4. The van der Waals surface area contributed by atoms with Crippen molar-refractivity contribution >= 4 is 18.0 Å². The van der Waals surface area contributed by atoms with E-state index in [4.69, 9.17) is 9.84 Å². The van der Waals surface area contributed by atoms with Crippen LogP contribution >= 0.6 is 0 Å². The lowest BCUT2D eigenvalue weighted by atomic mass is 9.98. The second kappa shape index (κ2) is 10.1. The fraction of sp³-hybridized carbons (Fsp3) is 0.423. The fourth-order valence-electron chi connectivity index (χ4n) is 4.73. The first-order chi connectivity index (χ1) is 16.0. The third kappa shape index (κ3) is 5.35. The van der Waals surface area contributed by atoms with Crippen LogP contribution in [-0.4, -0.2) is 54.2 Å². The van der Waals surface area contributed by atoms with E-state index in [1.165, 1.54) is 16.0 Å². The molecule has 2 aliphatic carbocycles. The Labute approximate surface area is 193 Å². The molecule has 0 aromatic heterocycles. The Morgan fingerprint density at radius 2 is 1.67 bits per heavy atom. The molecule has 1 atom stereocenters. The van der Waals surface area contributed by atoms with Crippen LogP contribution in [0.15, 0.2) is 48.5 Å². The summed E-state index contributed by atoms with van der Waals surface area (Å²) in [6.45, 7) is 2.41. The molecular weight excluding hydrogens is 420 g/mol. The summed E-state index contributed by atoms with van der Waals surface area (Å²) in [7, 11) is 0. The number of benzene rings is 2. The highest BCUT2D eigenvalue weighted by Gasteiger charge is 2.34. The van der Waals surface area contributed by atoms with Crippen LogP contribution in [0.5, 0.6) is 0 Å². The highest BCUT2D eigenvalue weighted by Crippen LogP contribution is 2.44. The first-order valence-electron chi connectivity index (χ1n) is 11.6. The van der Waals surface area contributed by atoms with Crippen molar-refractivity contribution in [3.8, 4) is 11.1 Å². The molecule has 7 nitrogen and oxygen atoms in total. The quantitative estimate of drug-likeness (QED) is 0.573. The molecule has 2 N–H and O–H groups in total. The van der Waals surface area contributed by atoms with Gasteiger partial charge in [0.1, 0.15) is 13.2 Å². The lowest BCUT2D eigenvalue weighted by molar-refractivity contribution is -0.144. The van der Waals surface area contributed by atoms with Crippen molar-refractivity contribution < 1.29 is 24.2 Å². The van der Waals surface area contributed by atoms with E-state index in [2.05, 4.69) is 29.6 Å². The van der Waals surface area contributed by atoms with E-state index in [0.717, 1.165) is 24.0 Å². The number of nitrogens with one attached hydrogen (secondary N) is 1. The zero-order valence-corrected chi connectivity index (χ0v) is 18.8. The standard InChI is InChI=1S/C26H30N2O5/c1-2-28(15-25(30)31)24(29)13-18(17-11-12-17)14-27-26(32)33-16-23-21-9-5-3-7-19(21)20-8-4-6-10-22(20)23/h3-10,17-18,23H,2,11-16H2,1H3,(H,27,32)(H,30,31). The van der Waals surface area contributed by atoms with Gasteiger partial charge in [0.05, 0.1) is 0 Å². The number of hydrogen-bond acceptors (Lipinski definition) is 4. The van der Waals surface area contributed by atoms with E-state index in [1.807, 2.05) is 24.3 Å². The summed E-state index contributed by atoms with van der Waals surface area (Å²) in [4.78, 5) is 37.4. The molecule has 0 aliphatic heterocycles. The van der Waals surface area contributed by atoms with Crippen molar-refractivity contribution in [1.82, 2.24) is 10.2 Å². The average Bonchev–Trinajstić information content (AvgIpc) is 3.61. The Bertz CT molecular complexity index is 987. The largest absolute Gasteiger partial charge is 0.480 e. The number of carbonyl (C=O) groups excluding carboxylic acids is 2. The van der Waals surface area contributed by atoms with E-state index < -0.39 is 12.1 Å². The Morgan fingerprint density at radius 1 is 1.06 bits per heavy atom. The normalized spacial score (nSPS) is 15.3. The number of carboxylic acids is 1. The van der Waals surface area contributed by atoms with Crippen LogP contribution in [0.25, 0.3) is 11.1 Å². The van der Waals surface area contributed by atoms with Gasteiger partial charge < -0.3 is 20.1 Å². The number of hydrogen-bond donors (Lipinski definition) is 2. The Morgan fingerprint density at radius 3 is 2.21 bits per heavy atom. The van der Waals surface area contributed by atoms with Gasteiger partial charge in [0.15, 0.2) is 0 Å². The van der Waals surface area contributed by atoms with Gasteiger partial charge in [-0.15, -0.1) is 0 Å². The monoisotopic (exact) mass is 450 g/mol. The Hall–Kier alpha value is -3.35. The maximum atomic E-state index is 12.5. The lowest BCUT2D eigenvalue weighted by Gasteiger charge is -2.23. The van der Waals surface area contributed by atoms with Crippen molar-refractivity contribution in [3.05, 3.63) is 59.7 Å².